The predicted molar refractivity (Wildman–Crippen MR) is 99.2 cm³/mol. The molecule has 0 radical (unpaired) electrons. The van der Waals surface area contributed by atoms with Gasteiger partial charge in [-0.05, 0) is 61.3 Å². The zero-order valence-electron chi connectivity index (χ0n) is 14.3. The summed E-state index contributed by atoms with van der Waals surface area (Å²) in [7, 11) is 0. The maximum Gasteiger partial charge on any atom is 0.0576 e. The third-order valence-electron chi connectivity index (χ3n) is 3.70. The first-order valence-electron chi connectivity index (χ1n) is 7.72. The van der Waals surface area contributed by atoms with Gasteiger partial charge < -0.3 is 4.74 Å². The summed E-state index contributed by atoms with van der Waals surface area (Å²) in [5.74, 6) is 3.98. The van der Waals surface area contributed by atoms with Crippen LogP contribution in [0.3, 0.4) is 0 Å². The molecule has 1 aliphatic rings. The molecule has 148 valence electrons. The molecule has 1 nitrogen and oxygen atoms in total. The third-order valence-corrected chi connectivity index (χ3v) is 4.43. The third kappa shape index (κ3) is 12.7. The van der Waals surface area contributed by atoms with Gasteiger partial charge in [-0.2, -0.15) is 0 Å². The molecule has 0 aliphatic heterocycles. The Hall–Kier alpha value is -1.26. The first-order chi connectivity index (χ1) is 9.88. The molecule has 0 unspecified atom stereocenters. The zero-order valence-corrected chi connectivity index (χ0v) is 15.2. The Labute approximate surface area is 151 Å². The first-order valence-corrected chi connectivity index (χ1v) is 8.54. The predicted octanol–water partition coefficient (Wildman–Crippen LogP) is 5.88. The van der Waals surface area contributed by atoms with Crippen molar-refractivity contribution >= 4 is 11.8 Å². The van der Waals surface area contributed by atoms with Crippen LogP contribution in [0, 0.1) is 17.1 Å². The second-order valence-electron chi connectivity index (χ2n) is 5.36. The summed E-state index contributed by atoms with van der Waals surface area (Å²) in [6, 6.07) is 10.4. The summed E-state index contributed by atoms with van der Waals surface area (Å²) in [6.07, 6.45) is 7.64. The average molecular weight is 388 g/mol. The van der Waals surface area contributed by atoms with Gasteiger partial charge in [0.15, 0.2) is 0 Å². The molecule has 25 heavy (non-hydrogen) atoms. The maximum absolute atomic E-state index is 5.89. The van der Waals surface area contributed by atoms with Crippen LogP contribution in [0.1, 0.15) is 45.4 Å². The highest BCUT2D eigenvalue weighted by Gasteiger charge is 2.19. The van der Waals surface area contributed by atoms with Gasteiger partial charge in [-0.1, -0.05) is 37.5 Å². The van der Waals surface area contributed by atoms with Crippen molar-refractivity contribution in [1.82, 2.24) is 0 Å². The van der Waals surface area contributed by atoms with Gasteiger partial charge in [0, 0.05) is 17.4 Å². The minimum absolute atomic E-state index is 0. The van der Waals surface area contributed by atoms with Crippen LogP contribution >= 0.6 is 11.8 Å². The molecule has 0 bridgehead atoms. The second-order valence-corrected chi connectivity index (χ2v) is 6.24. The fourth-order valence-electron chi connectivity index (χ4n) is 2.43. The number of thioether (sulfide) groups is 1. The molecule has 1 fully saturated rings. The quantitative estimate of drug-likeness (QED) is 0.270. The number of ether oxygens (including phenoxy) is 1. The SMILES string of the molecule is CCCCOC1CCC(C#CSc2ccccc2)CC1.F.F.F.F.F. The molecule has 0 saturated heterocycles. The number of halogens is 5. The highest BCUT2D eigenvalue weighted by molar-refractivity contribution is 8.03. The Balaban J connectivity index is -0.000000441. The van der Waals surface area contributed by atoms with Gasteiger partial charge in [-0.15, -0.1) is 0 Å². The van der Waals surface area contributed by atoms with E-state index in [1.807, 2.05) is 6.07 Å². The molecule has 1 saturated carbocycles. The van der Waals surface area contributed by atoms with Crippen LogP contribution in [0.5, 0.6) is 0 Å². The van der Waals surface area contributed by atoms with E-state index in [2.05, 4.69) is 42.4 Å². The second kappa shape index (κ2) is 19.1. The zero-order chi connectivity index (χ0) is 14.0. The topological polar surface area (TPSA) is 9.23 Å². The lowest BCUT2D eigenvalue weighted by Crippen LogP contribution is -2.21. The van der Waals surface area contributed by atoms with E-state index in [4.69, 9.17) is 4.74 Å². The van der Waals surface area contributed by atoms with Gasteiger partial charge in [0.05, 0.1) is 6.10 Å². The normalized spacial score (nSPS) is 17.6. The van der Waals surface area contributed by atoms with Gasteiger partial charge in [0.2, 0.25) is 0 Å². The molecule has 0 heterocycles. The molecule has 0 N–H and O–H groups in total. The monoisotopic (exact) mass is 388 g/mol. The lowest BCUT2D eigenvalue weighted by Gasteiger charge is -2.25. The maximum atomic E-state index is 5.89. The van der Waals surface area contributed by atoms with Crippen LogP contribution in [0.4, 0.5) is 23.5 Å². The van der Waals surface area contributed by atoms with E-state index in [9.17, 15) is 0 Å². The molecule has 2 rings (SSSR count). The standard InChI is InChI=1S/C18H24OS.5FH/c1-2-3-14-19-17-11-9-16(10-12-17)13-15-20-18-7-5-4-6-8-18;;;;;/h4-8,16-17H,2-3,9-12,14H2,1H3;5*1H. The average Bonchev–Trinajstić information content (AvgIpc) is 2.50. The highest BCUT2D eigenvalue weighted by atomic mass is 32.2. The van der Waals surface area contributed by atoms with Crippen LogP contribution in [0.25, 0.3) is 0 Å². The van der Waals surface area contributed by atoms with Gasteiger partial charge in [-0.3, -0.25) is 23.5 Å². The summed E-state index contributed by atoms with van der Waals surface area (Å²) in [5, 5.41) is 3.26. The Morgan fingerprint density at radius 3 is 2.12 bits per heavy atom. The van der Waals surface area contributed by atoms with Crippen LogP contribution in [0.2, 0.25) is 0 Å². The van der Waals surface area contributed by atoms with Crippen molar-refractivity contribution in [1.29, 1.82) is 0 Å². The fourth-order valence-corrected chi connectivity index (χ4v) is 3.07. The van der Waals surface area contributed by atoms with Crippen molar-refractivity contribution in [3.05, 3.63) is 30.3 Å². The molecular weight excluding hydrogens is 359 g/mol. The van der Waals surface area contributed by atoms with E-state index < -0.39 is 0 Å². The largest absolute Gasteiger partial charge is 0.378 e. The molecule has 0 amide bonds. The van der Waals surface area contributed by atoms with Crippen LogP contribution in [-0.2, 0) is 4.74 Å². The Bertz CT molecular complexity index is 442. The van der Waals surface area contributed by atoms with Crippen LogP contribution in [-0.4, -0.2) is 12.7 Å². The fraction of sp³-hybridized carbons (Fsp3) is 0.556. The molecule has 1 aromatic carbocycles. The number of hydrogen-bond donors (Lipinski definition) is 0. The van der Waals surface area contributed by atoms with Crippen molar-refractivity contribution in [2.75, 3.05) is 6.61 Å². The number of unbranched alkanes of at least 4 members (excludes halogenated alkanes) is 1. The van der Waals surface area contributed by atoms with Gasteiger partial charge in [-0.25, -0.2) is 0 Å². The van der Waals surface area contributed by atoms with Gasteiger partial charge in [0.25, 0.3) is 0 Å². The number of hydrogen-bond acceptors (Lipinski definition) is 2. The minimum Gasteiger partial charge on any atom is -0.378 e. The lowest BCUT2D eigenvalue weighted by molar-refractivity contribution is 0.0216. The van der Waals surface area contributed by atoms with E-state index in [-0.39, 0.29) is 23.5 Å². The van der Waals surface area contributed by atoms with E-state index in [0.29, 0.717) is 12.0 Å². The highest BCUT2D eigenvalue weighted by Crippen LogP contribution is 2.26. The number of benzene rings is 1. The molecule has 7 heteroatoms. The van der Waals surface area contributed by atoms with E-state index in [0.717, 1.165) is 6.61 Å². The van der Waals surface area contributed by atoms with Crippen molar-refractivity contribution in [3.63, 3.8) is 0 Å². The molecule has 1 aliphatic carbocycles. The Morgan fingerprint density at radius 1 is 0.960 bits per heavy atom. The summed E-state index contributed by atoms with van der Waals surface area (Å²) in [5.41, 5.74) is 0. The van der Waals surface area contributed by atoms with Crippen LogP contribution in [0.15, 0.2) is 35.2 Å². The van der Waals surface area contributed by atoms with Gasteiger partial charge >= 0.3 is 0 Å². The minimum atomic E-state index is 0. The summed E-state index contributed by atoms with van der Waals surface area (Å²) < 4.78 is 5.89. The van der Waals surface area contributed by atoms with E-state index >= 15 is 0 Å². The molecular formula is C18H29F5OS. The van der Waals surface area contributed by atoms with Crippen molar-refractivity contribution < 1.29 is 28.3 Å². The molecule has 0 spiro atoms. The smallest absolute Gasteiger partial charge is 0.0576 e. The summed E-state index contributed by atoms with van der Waals surface area (Å²) >= 11 is 1.64. The molecule has 0 atom stereocenters. The Morgan fingerprint density at radius 2 is 1.56 bits per heavy atom. The molecule has 1 aromatic rings. The summed E-state index contributed by atoms with van der Waals surface area (Å²) in [6.45, 7) is 3.14. The van der Waals surface area contributed by atoms with Crippen molar-refractivity contribution in [3.8, 4) is 11.2 Å². The number of rotatable bonds is 5. The van der Waals surface area contributed by atoms with E-state index in [1.54, 1.807) is 11.8 Å². The molecule has 0 aromatic heterocycles. The van der Waals surface area contributed by atoms with E-state index in [1.165, 1.54) is 43.4 Å². The lowest BCUT2D eigenvalue weighted by atomic mass is 9.88. The van der Waals surface area contributed by atoms with Crippen LogP contribution < -0.4 is 0 Å². The first kappa shape index (κ1) is 31.5. The summed E-state index contributed by atoms with van der Waals surface area (Å²) in [4.78, 5) is 1.23. The van der Waals surface area contributed by atoms with Gasteiger partial charge in [0.1, 0.15) is 0 Å². The van der Waals surface area contributed by atoms with Crippen molar-refractivity contribution in [2.45, 2.75) is 56.4 Å². The van der Waals surface area contributed by atoms with Crippen molar-refractivity contribution in [2.24, 2.45) is 5.92 Å². The Kier molecular flexibility index (Phi) is 24.0.